The first kappa shape index (κ1) is 24.3. The third-order valence-corrected chi connectivity index (χ3v) is 7.85. The quantitative estimate of drug-likeness (QED) is 0.233. The van der Waals surface area contributed by atoms with Gasteiger partial charge in [-0.25, -0.2) is 0 Å². The molecule has 4 heterocycles. The fraction of sp³-hybridized carbons (Fsp3) is 0.312. The van der Waals surface area contributed by atoms with Gasteiger partial charge in [0.15, 0.2) is 0 Å². The van der Waals surface area contributed by atoms with Crippen LogP contribution in [0.5, 0.6) is 0 Å². The minimum Gasteiger partial charge on any atom is -0.361 e. The molecule has 1 aliphatic carbocycles. The number of aryl methyl sites for hydroxylation is 2. The highest BCUT2D eigenvalue weighted by Crippen LogP contribution is 2.42. The van der Waals surface area contributed by atoms with Crippen molar-refractivity contribution in [3.63, 3.8) is 0 Å². The molecule has 4 aromatic heterocycles. The second-order valence-corrected chi connectivity index (χ2v) is 10.6. The molecule has 1 aromatic carbocycles. The number of nitrogens with zero attached hydrogens (tertiary/aromatic N) is 4. The Morgan fingerprint density at radius 1 is 1.05 bits per heavy atom. The fourth-order valence-corrected chi connectivity index (χ4v) is 6.13. The molecule has 1 atom stereocenters. The summed E-state index contributed by atoms with van der Waals surface area (Å²) in [6.45, 7) is 5.54. The van der Waals surface area contributed by atoms with Crippen LogP contribution in [-0.2, 0) is 11.2 Å². The third-order valence-electron chi connectivity index (χ3n) is 7.85. The molecule has 6 heteroatoms. The van der Waals surface area contributed by atoms with Gasteiger partial charge >= 0.3 is 0 Å². The lowest BCUT2D eigenvalue weighted by atomic mass is 9.94. The summed E-state index contributed by atoms with van der Waals surface area (Å²) in [4.78, 5) is 21.5. The number of pyridine rings is 2. The standard InChI is InChI=1S/C32H32N4O2/c1-20(37)16-23-11-13-24(14-12-23)27-19-36(32(25-8-4-5-9-25)28-10-6-7-15-33-28)29-17-26(18-34-31(27)29)30-21(2)35-38-22(30)3/h6-7,10-15,17-19,25,32H,4-5,8-9,16H2,1-3H3. The number of benzene rings is 1. The monoisotopic (exact) mass is 504 g/mol. The van der Waals surface area contributed by atoms with E-state index in [1.807, 2.05) is 44.4 Å². The van der Waals surface area contributed by atoms with Crippen LogP contribution in [0.1, 0.15) is 61.4 Å². The molecule has 0 radical (unpaired) electrons. The molecule has 0 saturated heterocycles. The minimum absolute atomic E-state index is 0.119. The van der Waals surface area contributed by atoms with Crippen LogP contribution in [0.2, 0.25) is 0 Å². The molecule has 1 unspecified atom stereocenters. The molecular formula is C32H32N4O2. The Morgan fingerprint density at radius 3 is 2.50 bits per heavy atom. The Bertz CT molecular complexity index is 1570. The zero-order chi connectivity index (χ0) is 26.2. The van der Waals surface area contributed by atoms with Gasteiger partial charge in [0.2, 0.25) is 0 Å². The maximum atomic E-state index is 11.6. The molecule has 1 saturated carbocycles. The predicted octanol–water partition coefficient (Wildman–Crippen LogP) is 7.28. The molecule has 0 spiro atoms. The van der Waals surface area contributed by atoms with E-state index in [1.54, 1.807) is 6.92 Å². The van der Waals surface area contributed by atoms with Crippen LogP contribution < -0.4 is 0 Å². The average molecular weight is 505 g/mol. The number of fused-ring (bicyclic) bond motifs is 1. The van der Waals surface area contributed by atoms with Crippen LogP contribution >= 0.6 is 0 Å². The highest BCUT2D eigenvalue weighted by Gasteiger charge is 2.31. The number of carbonyl (C=O) groups excluding carboxylic acids is 1. The molecule has 6 nitrogen and oxygen atoms in total. The number of Topliss-reactive ketones (excluding diaryl/α,β-unsaturated/α-hetero) is 1. The Kier molecular flexibility index (Phi) is 6.40. The highest BCUT2D eigenvalue weighted by atomic mass is 16.5. The van der Waals surface area contributed by atoms with Gasteiger partial charge in [-0.1, -0.05) is 48.3 Å². The SMILES string of the molecule is CC(=O)Cc1ccc(-c2cn(C(c3ccccn3)C3CCCC3)c3cc(-c4c(C)noc4C)cnc23)cc1. The van der Waals surface area contributed by atoms with E-state index in [0.717, 1.165) is 56.0 Å². The zero-order valence-corrected chi connectivity index (χ0v) is 22.1. The van der Waals surface area contributed by atoms with Crippen LogP contribution in [0.3, 0.4) is 0 Å². The molecule has 0 amide bonds. The number of rotatable bonds is 7. The first-order chi connectivity index (χ1) is 18.5. The van der Waals surface area contributed by atoms with Crippen molar-refractivity contribution in [1.82, 2.24) is 19.7 Å². The molecule has 192 valence electrons. The molecule has 5 aromatic rings. The lowest BCUT2D eigenvalue weighted by Crippen LogP contribution is -2.19. The van der Waals surface area contributed by atoms with Gasteiger partial charge < -0.3 is 9.09 Å². The van der Waals surface area contributed by atoms with Crippen LogP contribution in [0, 0.1) is 19.8 Å². The summed E-state index contributed by atoms with van der Waals surface area (Å²) in [7, 11) is 0. The van der Waals surface area contributed by atoms with Crippen molar-refractivity contribution in [1.29, 1.82) is 0 Å². The zero-order valence-electron chi connectivity index (χ0n) is 22.1. The van der Waals surface area contributed by atoms with Gasteiger partial charge in [0.05, 0.1) is 28.5 Å². The molecule has 0 N–H and O–H groups in total. The van der Waals surface area contributed by atoms with Gasteiger partial charge in [0, 0.05) is 41.7 Å². The summed E-state index contributed by atoms with van der Waals surface area (Å²) in [6, 6.07) is 16.9. The first-order valence-electron chi connectivity index (χ1n) is 13.4. The Hall–Kier alpha value is -4.06. The van der Waals surface area contributed by atoms with Gasteiger partial charge in [-0.3, -0.25) is 14.8 Å². The van der Waals surface area contributed by atoms with E-state index in [9.17, 15) is 4.79 Å². The second kappa shape index (κ2) is 10.0. The fourth-order valence-electron chi connectivity index (χ4n) is 6.13. The van der Waals surface area contributed by atoms with E-state index >= 15 is 0 Å². The van der Waals surface area contributed by atoms with Gasteiger partial charge in [0.1, 0.15) is 11.5 Å². The van der Waals surface area contributed by atoms with Crippen molar-refractivity contribution >= 4 is 16.8 Å². The van der Waals surface area contributed by atoms with E-state index < -0.39 is 0 Å². The Balaban J connectivity index is 1.56. The molecule has 0 bridgehead atoms. The van der Waals surface area contributed by atoms with Crippen LogP contribution in [0.25, 0.3) is 33.3 Å². The molecule has 6 rings (SSSR count). The van der Waals surface area contributed by atoms with E-state index in [4.69, 9.17) is 14.5 Å². The van der Waals surface area contributed by atoms with Crippen molar-refractivity contribution in [2.24, 2.45) is 5.92 Å². The maximum absolute atomic E-state index is 11.6. The number of hydrogen-bond donors (Lipinski definition) is 0. The number of aromatic nitrogens is 4. The van der Waals surface area contributed by atoms with Gasteiger partial charge in [-0.15, -0.1) is 0 Å². The van der Waals surface area contributed by atoms with Crippen molar-refractivity contribution in [3.8, 4) is 22.3 Å². The van der Waals surface area contributed by atoms with E-state index in [0.29, 0.717) is 12.3 Å². The largest absolute Gasteiger partial charge is 0.361 e. The summed E-state index contributed by atoms with van der Waals surface area (Å²) in [5.74, 6) is 1.46. The molecule has 1 aliphatic rings. The minimum atomic E-state index is 0.119. The van der Waals surface area contributed by atoms with E-state index in [1.165, 1.54) is 25.7 Å². The number of hydrogen-bond acceptors (Lipinski definition) is 5. The lowest BCUT2D eigenvalue weighted by molar-refractivity contribution is -0.116. The molecular weight excluding hydrogens is 472 g/mol. The van der Waals surface area contributed by atoms with Crippen LogP contribution in [-0.4, -0.2) is 25.5 Å². The van der Waals surface area contributed by atoms with Gasteiger partial charge in [-0.05, 0) is 68.9 Å². The van der Waals surface area contributed by atoms with Crippen LogP contribution in [0.4, 0.5) is 0 Å². The van der Waals surface area contributed by atoms with Crippen molar-refractivity contribution in [2.75, 3.05) is 0 Å². The maximum Gasteiger partial charge on any atom is 0.141 e. The number of ketones is 1. The smallest absolute Gasteiger partial charge is 0.141 e. The summed E-state index contributed by atoms with van der Waals surface area (Å²) in [5.41, 5.74) is 9.17. The highest BCUT2D eigenvalue weighted by molar-refractivity contribution is 5.95. The van der Waals surface area contributed by atoms with Gasteiger partial charge in [0.25, 0.3) is 0 Å². The van der Waals surface area contributed by atoms with Crippen molar-refractivity contribution < 1.29 is 9.32 Å². The summed E-state index contributed by atoms with van der Waals surface area (Å²) < 4.78 is 7.89. The lowest BCUT2D eigenvalue weighted by Gasteiger charge is -2.26. The summed E-state index contributed by atoms with van der Waals surface area (Å²) in [6.07, 6.45) is 11.4. The first-order valence-corrected chi connectivity index (χ1v) is 13.4. The molecule has 38 heavy (non-hydrogen) atoms. The second-order valence-electron chi connectivity index (χ2n) is 10.6. The summed E-state index contributed by atoms with van der Waals surface area (Å²) in [5, 5.41) is 4.18. The third kappa shape index (κ3) is 4.44. The van der Waals surface area contributed by atoms with E-state index in [2.05, 4.69) is 46.3 Å². The summed E-state index contributed by atoms with van der Waals surface area (Å²) >= 11 is 0. The van der Waals surface area contributed by atoms with E-state index in [-0.39, 0.29) is 11.8 Å². The Labute approximate surface area is 222 Å². The molecule has 0 aliphatic heterocycles. The average Bonchev–Trinajstić information content (AvgIpc) is 3.65. The Morgan fingerprint density at radius 2 is 1.84 bits per heavy atom. The van der Waals surface area contributed by atoms with Crippen molar-refractivity contribution in [3.05, 3.63) is 89.8 Å². The number of carbonyl (C=O) groups is 1. The molecule has 1 fully saturated rings. The van der Waals surface area contributed by atoms with Crippen molar-refractivity contribution in [2.45, 2.75) is 58.9 Å². The van der Waals surface area contributed by atoms with Crippen LogP contribution in [0.15, 0.2) is 71.6 Å². The topological polar surface area (TPSA) is 73.8 Å². The van der Waals surface area contributed by atoms with Gasteiger partial charge in [-0.2, -0.15) is 0 Å². The predicted molar refractivity (Wildman–Crippen MR) is 149 cm³/mol. The normalized spacial score (nSPS) is 14.8.